The van der Waals surface area contributed by atoms with E-state index in [9.17, 15) is 23.2 Å². The molecule has 4 N–H and O–H groups in total. The molecule has 326 valence electrons. The number of alkyl halides is 2. The first-order valence-electron chi connectivity index (χ1n) is 21.3. The van der Waals surface area contributed by atoms with Crippen molar-refractivity contribution >= 4 is 17.9 Å². The van der Waals surface area contributed by atoms with Crippen molar-refractivity contribution in [2.24, 2.45) is 11.8 Å². The Balaban J connectivity index is 1.05. The van der Waals surface area contributed by atoms with Gasteiger partial charge in [-0.2, -0.15) is 0 Å². The lowest BCUT2D eigenvalue weighted by Crippen LogP contribution is -2.58. The standard InChI is InChI=1S/C46H58F2N8O5/c1-27(2)38(54-44(59)61-7)42(57)55-24-8-9-36(55)40-49-25-34(52-40)32-14-10-30(11-15-32)31-12-16-33(17-13-31)35-26-50-41(53-35)37-18-19-45(20-22-46(47,48)23-21-45)56(37)43(58)39(28(3)4)51-29(5)60-6/h10-17,25-28,36-39,51H,5,8-9,18-24H2,1-4,6-7H3,(H,49,52)(H,50,53)(H,54,59)/t36-,37?,38-,39-/m0/s1. The third-order valence-corrected chi connectivity index (χ3v) is 12.8. The number of hydrogen-bond acceptors (Lipinski definition) is 8. The molecule has 2 aromatic heterocycles. The van der Waals surface area contributed by atoms with Crippen LogP contribution < -0.4 is 10.6 Å². The summed E-state index contributed by atoms with van der Waals surface area (Å²) >= 11 is 0. The Morgan fingerprint density at radius 1 is 0.721 bits per heavy atom. The van der Waals surface area contributed by atoms with Gasteiger partial charge in [-0.05, 0) is 79.2 Å². The maximum Gasteiger partial charge on any atom is 0.407 e. The smallest absolute Gasteiger partial charge is 0.407 e. The molecule has 2 saturated heterocycles. The molecule has 1 spiro atoms. The van der Waals surface area contributed by atoms with E-state index in [-0.39, 0.29) is 61.3 Å². The summed E-state index contributed by atoms with van der Waals surface area (Å²) in [4.78, 5) is 60.0. The summed E-state index contributed by atoms with van der Waals surface area (Å²) < 4.78 is 39.0. The Labute approximate surface area is 356 Å². The van der Waals surface area contributed by atoms with Crippen LogP contribution in [0.15, 0.2) is 73.4 Å². The topological polar surface area (TPSA) is 158 Å². The highest BCUT2D eigenvalue weighted by Gasteiger charge is 2.55. The number of imidazole rings is 2. The van der Waals surface area contributed by atoms with Gasteiger partial charge in [-0.3, -0.25) is 9.59 Å². The Hall–Kier alpha value is -5.73. The Kier molecular flexibility index (Phi) is 12.6. The first-order valence-corrected chi connectivity index (χ1v) is 21.3. The van der Waals surface area contributed by atoms with Crippen LogP contribution in [0.3, 0.4) is 0 Å². The number of nitrogens with one attached hydrogen (secondary N) is 4. The number of carbonyl (C=O) groups excluding carboxylic acids is 3. The van der Waals surface area contributed by atoms with E-state index < -0.39 is 35.7 Å². The Bertz CT molecular complexity index is 2190. The van der Waals surface area contributed by atoms with Crippen molar-refractivity contribution in [2.75, 3.05) is 20.8 Å². The van der Waals surface area contributed by atoms with Crippen molar-refractivity contribution in [1.82, 2.24) is 40.4 Å². The zero-order valence-corrected chi connectivity index (χ0v) is 35.9. The lowest BCUT2D eigenvalue weighted by molar-refractivity contribution is -0.148. The predicted molar refractivity (Wildman–Crippen MR) is 228 cm³/mol. The minimum Gasteiger partial charge on any atom is -0.483 e. The molecule has 0 bridgehead atoms. The first kappa shape index (κ1) is 43.4. The molecular formula is C46H58F2N8O5. The van der Waals surface area contributed by atoms with Gasteiger partial charge in [0.15, 0.2) is 5.88 Å². The van der Waals surface area contributed by atoms with E-state index in [2.05, 4.69) is 56.4 Å². The molecule has 3 amide bonds. The molecule has 3 aliphatic rings. The number of halogens is 2. The fraction of sp³-hybridized carbons (Fsp3) is 0.500. The molecule has 2 aromatic carbocycles. The molecule has 15 heteroatoms. The molecule has 1 saturated carbocycles. The summed E-state index contributed by atoms with van der Waals surface area (Å²) in [6.45, 7) is 12.1. The van der Waals surface area contributed by atoms with Crippen LogP contribution in [0.4, 0.5) is 13.6 Å². The minimum absolute atomic E-state index is 0.113. The summed E-state index contributed by atoms with van der Waals surface area (Å²) in [6, 6.07) is 14.4. The zero-order chi connectivity index (χ0) is 43.6. The quantitative estimate of drug-likeness (QED) is 0.0977. The molecule has 4 heterocycles. The molecule has 61 heavy (non-hydrogen) atoms. The second-order valence-electron chi connectivity index (χ2n) is 17.4. The maximum absolute atomic E-state index is 14.5. The van der Waals surface area contributed by atoms with Gasteiger partial charge in [-0.1, -0.05) is 76.2 Å². The van der Waals surface area contributed by atoms with Crippen molar-refractivity contribution < 1.29 is 32.6 Å². The molecule has 13 nitrogen and oxygen atoms in total. The largest absolute Gasteiger partial charge is 0.483 e. The average molecular weight is 841 g/mol. The number of methoxy groups -OCH3 is 2. The van der Waals surface area contributed by atoms with Crippen LogP contribution in [-0.2, 0) is 19.1 Å². The molecule has 2 aliphatic heterocycles. The fourth-order valence-electron chi connectivity index (χ4n) is 9.28. The van der Waals surface area contributed by atoms with Gasteiger partial charge in [-0.15, -0.1) is 0 Å². The number of aromatic nitrogens is 4. The van der Waals surface area contributed by atoms with Gasteiger partial charge in [0.2, 0.25) is 17.7 Å². The van der Waals surface area contributed by atoms with Gasteiger partial charge in [0.25, 0.3) is 0 Å². The van der Waals surface area contributed by atoms with E-state index in [0.717, 1.165) is 46.5 Å². The summed E-state index contributed by atoms with van der Waals surface area (Å²) in [5, 5.41) is 5.82. The van der Waals surface area contributed by atoms with Crippen LogP contribution in [0.5, 0.6) is 0 Å². The predicted octanol–water partition coefficient (Wildman–Crippen LogP) is 8.52. The number of nitrogens with zero attached hydrogens (tertiary/aromatic N) is 4. The Morgan fingerprint density at radius 2 is 1.23 bits per heavy atom. The third kappa shape index (κ3) is 9.01. The average Bonchev–Trinajstić information content (AvgIpc) is 4.09. The number of hydrogen-bond donors (Lipinski definition) is 4. The molecule has 4 aromatic rings. The number of rotatable bonds is 13. The highest BCUT2D eigenvalue weighted by atomic mass is 19.3. The van der Waals surface area contributed by atoms with Crippen molar-refractivity contribution in [3.05, 3.63) is 85.0 Å². The van der Waals surface area contributed by atoms with Crippen molar-refractivity contribution in [2.45, 2.75) is 115 Å². The first-order chi connectivity index (χ1) is 29.1. The van der Waals surface area contributed by atoms with Gasteiger partial charge >= 0.3 is 6.09 Å². The fourth-order valence-corrected chi connectivity index (χ4v) is 9.28. The van der Waals surface area contributed by atoms with E-state index in [1.54, 1.807) is 17.3 Å². The molecule has 1 unspecified atom stereocenters. The van der Waals surface area contributed by atoms with Gasteiger partial charge in [0, 0.05) is 24.9 Å². The molecule has 1 aliphatic carbocycles. The monoisotopic (exact) mass is 840 g/mol. The number of carbonyl (C=O) groups is 3. The van der Waals surface area contributed by atoms with E-state index in [4.69, 9.17) is 14.5 Å². The van der Waals surface area contributed by atoms with Crippen LogP contribution in [0, 0.1) is 11.8 Å². The van der Waals surface area contributed by atoms with E-state index in [1.807, 2.05) is 56.9 Å². The van der Waals surface area contributed by atoms with E-state index in [1.165, 1.54) is 14.2 Å². The molecule has 4 atom stereocenters. The number of alkyl carbamates (subject to hydrolysis) is 1. The third-order valence-electron chi connectivity index (χ3n) is 12.8. The molecule has 3 fully saturated rings. The number of benzene rings is 2. The minimum atomic E-state index is -2.73. The van der Waals surface area contributed by atoms with Crippen LogP contribution in [-0.4, -0.2) is 92.0 Å². The summed E-state index contributed by atoms with van der Waals surface area (Å²) in [5.41, 5.74) is 4.87. The lowest BCUT2D eigenvalue weighted by Gasteiger charge is -2.46. The Morgan fingerprint density at radius 3 is 1.74 bits per heavy atom. The normalized spacial score (nSPS) is 20.5. The van der Waals surface area contributed by atoms with E-state index >= 15 is 0 Å². The van der Waals surface area contributed by atoms with E-state index in [0.29, 0.717) is 31.0 Å². The molecule has 7 rings (SSSR count). The van der Waals surface area contributed by atoms with Crippen LogP contribution >= 0.6 is 0 Å². The van der Waals surface area contributed by atoms with Crippen molar-refractivity contribution in [3.8, 4) is 33.6 Å². The highest BCUT2D eigenvalue weighted by molar-refractivity contribution is 5.86. The van der Waals surface area contributed by atoms with Crippen LogP contribution in [0.1, 0.15) is 103 Å². The zero-order valence-electron chi connectivity index (χ0n) is 35.9. The van der Waals surface area contributed by atoms with Gasteiger partial charge in [0.05, 0.1) is 50.1 Å². The maximum atomic E-state index is 14.5. The number of ether oxygens (including phenoxy) is 2. The van der Waals surface area contributed by atoms with Gasteiger partial charge < -0.3 is 39.9 Å². The SMILES string of the molecule is C=C(N[C@H](C(=O)N1C(c2ncc(-c3ccc(-c4ccc(-c5cnc([C@@H]6CCCN6C(=O)[C@@H](NC(=O)OC)C(C)C)[nH]5)cc4)cc3)[nH]2)CCC12CCC(F)(F)CC2)C(C)C)OC. The molecular weight excluding hydrogens is 783 g/mol. The summed E-state index contributed by atoms with van der Waals surface area (Å²) in [6.07, 6.45) is 5.72. The van der Waals surface area contributed by atoms with Crippen molar-refractivity contribution in [3.63, 3.8) is 0 Å². The summed E-state index contributed by atoms with van der Waals surface area (Å²) in [5.74, 6) is -1.67. The number of likely N-dealkylation sites (tertiary alicyclic amines) is 2. The highest BCUT2D eigenvalue weighted by Crippen LogP contribution is 2.52. The van der Waals surface area contributed by atoms with Gasteiger partial charge in [0.1, 0.15) is 23.7 Å². The second kappa shape index (κ2) is 17.7. The number of H-pyrrole nitrogens is 2. The lowest BCUT2D eigenvalue weighted by atomic mass is 9.77. The number of aromatic amines is 2. The van der Waals surface area contributed by atoms with Crippen LogP contribution in [0.2, 0.25) is 0 Å². The second-order valence-corrected chi connectivity index (χ2v) is 17.4. The summed E-state index contributed by atoms with van der Waals surface area (Å²) in [7, 11) is 2.77. The van der Waals surface area contributed by atoms with Crippen molar-refractivity contribution in [1.29, 1.82) is 0 Å². The molecule has 0 radical (unpaired) electrons. The van der Waals surface area contributed by atoms with Crippen LogP contribution in [0.25, 0.3) is 33.6 Å². The number of amides is 3. The van der Waals surface area contributed by atoms with Gasteiger partial charge in [-0.25, -0.2) is 23.5 Å².